The Morgan fingerprint density at radius 1 is 1.25 bits per heavy atom. The molecule has 2 aliphatic carbocycles. The van der Waals surface area contributed by atoms with Gasteiger partial charge in [-0.3, -0.25) is 9.59 Å². The fraction of sp³-hybridized carbons (Fsp3) is 0.778. The highest BCUT2D eigenvalue weighted by atomic mass is 19.3. The molecule has 0 unspecified atom stereocenters. The summed E-state index contributed by atoms with van der Waals surface area (Å²) in [5.74, 6) is -2.95. The van der Waals surface area contributed by atoms with E-state index in [1.165, 1.54) is 0 Å². The van der Waals surface area contributed by atoms with Crippen LogP contribution in [-0.2, 0) is 9.59 Å². The number of Topliss-reactive ketones (excluding diaryl/α,β-unsaturated/α-hetero) is 1. The number of halogens is 2. The van der Waals surface area contributed by atoms with Crippen molar-refractivity contribution < 1.29 is 18.4 Å². The number of likely N-dealkylation sites (tertiary alicyclic amines) is 1. The van der Waals surface area contributed by atoms with Crippen molar-refractivity contribution in [2.45, 2.75) is 58.3 Å². The second-order valence-corrected chi connectivity index (χ2v) is 8.49. The average Bonchev–Trinajstić information content (AvgIpc) is 2.87. The summed E-state index contributed by atoms with van der Waals surface area (Å²) in [5.41, 5.74) is 5.44. The predicted octanol–water partition coefficient (Wildman–Crippen LogP) is 2.87. The molecule has 0 aromatic carbocycles. The van der Waals surface area contributed by atoms with Gasteiger partial charge >= 0.3 is 0 Å². The number of ketones is 1. The number of amides is 1. The molecule has 1 amide bonds. The van der Waals surface area contributed by atoms with E-state index in [-0.39, 0.29) is 54.4 Å². The SMILES string of the molecule is CC1(C)C[C@]2(C=C(N)C1=O)CCN(C(=O)C1CCC(F)(F)CC1)C2. The molecule has 0 aromatic rings. The molecule has 134 valence electrons. The van der Waals surface area contributed by atoms with Crippen molar-refractivity contribution in [2.75, 3.05) is 13.1 Å². The van der Waals surface area contributed by atoms with Gasteiger partial charge in [0.2, 0.25) is 11.8 Å². The summed E-state index contributed by atoms with van der Waals surface area (Å²) in [4.78, 5) is 26.7. The molecule has 6 heteroatoms. The Hall–Kier alpha value is -1.46. The molecule has 0 bridgehead atoms. The van der Waals surface area contributed by atoms with Crippen LogP contribution in [0.3, 0.4) is 0 Å². The molecule has 2 fully saturated rings. The van der Waals surface area contributed by atoms with Gasteiger partial charge in [-0.25, -0.2) is 8.78 Å². The standard InChI is InChI=1S/C18H26F2N2O2/c1-16(2)10-17(9-13(21)14(16)23)7-8-22(11-17)15(24)12-3-5-18(19,20)6-4-12/h9,12H,3-8,10-11,21H2,1-2H3/t17-/m1/s1. The smallest absolute Gasteiger partial charge is 0.248 e. The van der Waals surface area contributed by atoms with Crippen LogP contribution < -0.4 is 5.73 Å². The van der Waals surface area contributed by atoms with Crippen LogP contribution in [0, 0.1) is 16.7 Å². The van der Waals surface area contributed by atoms with Crippen LogP contribution in [0.1, 0.15) is 52.4 Å². The van der Waals surface area contributed by atoms with Crippen LogP contribution in [-0.4, -0.2) is 35.6 Å². The fourth-order valence-corrected chi connectivity index (χ4v) is 4.69. The van der Waals surface area contributed by atoms with Crippen molar-refractivity contribution in [3.8, 4) is 0 Å². The lowest BCUT2D eigenvalue weighted by molar-refractivity contribution is -0.139. The molecular formula is C18H26F2N2O2. The molecule has 1 saturated carbocycles. The highest BCUT2D eigenvalue weighted by molar-refractivity contribution is 5.99. The number of hydrogen-bond acceptors (Lipinski definition) is 3. The number of rotatable bonds is 1. The van der Waals surface area contributed by atoms with Gasteiger partial charge in [-0.2, -0.15) is 0 Å². The summed E-state index contributed by atoms with van der Waals surface area (Å²) in [6.45, 7) is 4.94. The monoisotopic (exact) mass is 340 g/mol. The van der Waals surface area contributed by atoms with Crippen LogP contribution in [0.2, 0.25) is 0 Å². The Bertz CT molecular complexity index is 590. The maximum Gasteiger partial charge on any atom is 0.248 e. The third kappa shape index (κ3) is 3.07. The number of alkyl halides is 2. The summed E-state index contributed by atoms with van der Waals surface area (Å²) in [7, 11) is 0. The lowest BCUT2D eigenvalue weighted by Crippen LogP contribution is -2.43. The normalized spacial score (nSPS) is 32.9. The van der Waals surface area contributed by atoms with Gasteiger partial charge in [-0.05, 0) is 31.8 Å². The van der Waals surface area contributed by atoms with E-state index in [0.29, 0.717) is 19.5 Å². The maximum atomic E-state index is 13.3. The van der Waals surface area contributed by atoms with E-state index in [4.69, 9.17) is 5.73 Å². The molecule has 1 saturated heterocycles. The summed E-state index contributed by atoms with van der Waals surface area (Å²) >= 11 is 0. The van der Waals surface area contributed by atoms with Gasteiger partial charge in [0.05, 0.1) is 5.70 Å². The largest absolute Gasteiger partial charge is 0.396 e. The van der Waals surface area contributed by atoms with Crippen LogP contribution in [0.25, 0.3) is 0 Å². The minimum atomic E-state index is -2.62. The zero-order valence-corrected chi connectivity index (χ0v) is 14.4. The molecular weight excluding hydrogens is 314 g/mol. The highest BCUT2D eigenvalue weighted by Crippen LogP contribution is 2.48. The number of hydrogen-bond donors (Lipinski definition) is 1. The summed E-state index contributed by atoms with van der Waals surface area (Å²) in [5, 5.41) is 0. The number of carbonyl (C=O) groups excluding carboxylic acids is 2. The zero-order chi connectivity index (χ0) is 17.8. The van der Waals surface area contributed by atoms with Crippen molar-refractivity contribution in [1.82, 2.24) is 4.90 Å². The van der Waals surface area contributed by atoms with Crippen molar-refractivity contribution in [3.05, 3.63) is 11.8 Å². The summed E-state index contributed by atoms with van der Waals surface area (Å²) in [6, 6.07) is 0. The van der Waals surface area contributed by atoms with Gasteiger partial charge in [0.1, 0.15) is 0 Å². The minimum Gasteiger partial charge on any atom is -0.396 e. The van der Waals surface area contributed by atoms with Gasteiger partial charge in [0.15, 0.2) is 5.78 Å². The van der Waals surface area contributed by atoms with Crippen LogP contribution in [0.5, 0.6) is 0 Å². The first-order chi connectivity index (χ1) is 11.0. The number of nitrogens with two attached hydrogens (primary N) is 1. The molecule has 0 aromatic heterocycles. The van der Waals surface area contributed by atoms with E-state index in [1.54, 1.807) is 4.90 Å². The van der Waals surface area contributed by atoms with Crippen LogP contribution in [0.4, 0.5) is 8.78 Å². The second kappa shape index (κ2) is 5.53. The molecule has 3 aliphatic rings. The quantitative estimate of drug-likeness (QED) is 0.798. The first kappa shape index (κ1) is 17.4. The summed E-state index contributed by atoms with van der Waals surface area (Å²) in [6.07, 6.45) is 3.41. The molecule has 1 heterocycles. The molecule has 3 rings (SSSR count). The molecule has 1 atom stereocenters. The molecule has 24 heavy (non-hydrogen) atoms. The van der Waals surface area contributed by atoms with Crippen molar-refractivity contribution in [3.63, 3.8) is 0 Å². The van der Waals surface area contributed by atoms with E-state index in [2.05, 4.69) is 0 Å². The van der Waals surface area contributed by atoms with Crippen molar-refractivity contribution in [2.24, 2.45) is 22.5 Å². The first-order valence-electron chi connectivity index (χ1n) is 8.73. The minimum absolute atomic E-state index is 0.0101. The van der Waals surface area contributed by atoms with E-state index in [0.717, 1.165) is 6.42 Å². The van der Waals surface area contributed by atoms with Gasteiger partial charge in [0, 0.05) is 42.7 Å². The predicted molar refractivity (Wildman–Crippen MR) is 86.2 cm³/mol. The molecule has 0 radical (unpaired) electrons. The van der Waals surface area contributed by atoms with E-state index in [9.17, 15) is 18.4 Å². The van der Waals surface area contributed by atoms with Gasteiger partial charge in [-0.15, -0.1) is 0 Å². The Balaban J connectivity index is 1.69. The lowest BCUT2D eigenvalue weighted by atomic mass is 9.65. The Labute approximate surface area is 141 Å². The molecule has 4 nitrogen and oxygen atoms in total. The Morgan fingerprint density at radius 2 is 1.88 bits per heavy atom. The molecule has 1 spiro atoms. The van der Waals surface area contributed by atoms with E-state index >= 15 is 0 Å². The van der Waals surface area contributed by atoms with E-state index in [1.807, 2.05) is 19.9 Å². The third-order valence-electron chi connectivity index (χ3n) is 5.90. The fourth-order valence-electron chi connectivity index (χ4n) is 4.69. The number of nitrogens with zero attached hydrogens (tertiary/aromatic N) is 1. The maximum absolute atomic E-state index is 13.3. The van der Waals surface area contributed by atoms with Crippen molar-refractivity contribution >= 4 is 11.7 Å². The highest BCUT2D eigenvalue weighted by Gasteiger charge is 2.49. The Morgan fingerprint density at radius 3 is 2.46 bits per heavy atom. The lowest BCUT2D eigenvalue weighted by Gasteiger charge is -2.39. The average molecular weight is 340 g/mol. The third-order valence-corrected chi connectivity index (χ3v) is 5.90. The zero-order valence-electron chi connectivity index (χ0n) is 14.4. The Kier molecular flexibility index (Phi) is 4.00. The number of carbonyl (C=O) groups is 2. The topological polar surface area (TPSA) is 63.4 Å². The van der Waals surface area contributed by atoms with Crippen LogP contribution in [0.15, 0.2) is 11.8 Å². The van der Waals surface area contributed by atoms with Gasteiger partial charge in [-0.1, -0.05) is 13.8 Å². The van der Waals surface area contributed by atoms with Gasteiger partial charge < -0.3 is 10.6 Å². The number of allylic oxidation sites excluding steroid dienone is 1. The van der Waals surface area contributed by atoms with Gasteiger partial charge in [0.25, 0.3) is 0 Å². The second-order valence-electron chi connectivity index (χ2n) is 8.49. The molecule has 2 N–H and O–H groups in total. The first-order valence-corrected chi connectivity index (χ1v) is 8.73. The van der Waals surface area contributed by atoms with E-state index < -0.39 is 11.3 Å². The van der Waals surface area contributed by atoms with Crippen LogP contribution >= 0.6 is 0 Å². The summed E-state index contributed by atoms with van der Waals surface area (Å²) < 4.78 is 26.6. The molecule has 1 aliphatic heterocycles. The van der Waals surface area contributed by atoms with Crippen molar-refractivity contribution in [1.29, 1.82) is 0 Å².